The summed E-state index contributed by atoms with van der Waals surface area (Å²) in [5, 5.41) is 13.4. The Balaban J connectivity index is 2.21. The third kappa shape index (κ3) is 2.85. The number of hydrogen-bond donors (Lipinski definition) is 1. The highest BCUT2D eigenvalue weighted by atomic mass is 16.6. The van der Waals surface area contributed by atoms with Crippen LogP contribution in [0.5, 0.6) is 0 Å². The van der Waals surface area contributed by atoms with Gasteiger partial charge in [-0.15, -0.1) is 0 Å². The molecule has 0 fully saturated rings. The second kappa shape index (κ2) is 5.56. The third-order valence-corrected chi connectivity index (χ3v) is 3.03. The summed E-state index contributed by atoms with van der Waals surface area (Å²) in [4.78, 5) is 22.3. The van der Waals surface area contributed by atoms with Crippen molar-refractivity contribution in [2.75, 3.05) is 5.32 Å². The lowest BCUT2D eigenvalue weighted by Crippen LogP contribution is -2.15. The maximum atomic E-state index is 12.1. The fourth-order valence-electron chi connectivity index (χ4n) is 1.94. The van der Waals surface area contributed by atoms with Gasteiger partial charge in [-0.25, -0.2) is 0 Å². The molecular weight excluding hydrogens is 258 g/mol. The second-order valence-corrected chi connectivity index (χ2v) is 4.46. The first kappa shape index (κ1) is 13.8. The van der Waals surface area contributed by atoms with Crippen molar-refractivity contribution in [3.63, 3.8) is 0 Å². The summed E-state index contributed by atoms with van der Waals surface area (Å²) in [5.74, 6) is -0.367. The third-order valence-electron chi connectivity index (χ3n) is 3.03. The first-order valence-corrected chi connectivity index (χ1v) is 6.22. The fourth-order valence-corrected chi connectivity index (χ4v) is 1.94. The van der Waals surface area contributed by atoms with E-state index in [4.69, 9.17) is 0 Å². The molecule has 2 rings (SSSR count). The van der Waals surface area contributed by atoms with E-state index in [0.717, 1.165) is 12.0 Å². The zero-order valence-electron chi connectivity index (χ0n) is 11.3. The molecule has 0 radical (unpaired) electrons. The van der Waals surface area contributed by atoms with Crippen LogP contribution < -0.4 is 5.32 Å². The second-order valence-electron chi connectivity index (χ2n) is 4.46. The highest BCUT2D eigenvalue weighted by Crippen LogP contribution is 2.17. The number of aryl methyl sites for hydroxylation is 2. The topological polar surface area (TPSA) is 77.2 Å². The van der Waals surface area contributed by atoms with Crippen LogP contribution in [0, 0.1) is 10.1 Å². The van der Waals surface area contributed by atoms with Crippen LogP contribution in [0.2, 0.25) is 0 Å². The van der Waals surface area contributed by atoms with Gasteiger partial charge >= 0.3 is 0 Å². The molecule has 0 aliphatic carbocycles. The van der Waals surface area contributed by atoms with Crippen molar-refractivity contribution in [2.45, 2.75) is 13.3 Å². The molecule has 0 unspecified atom stereocenters. The molecule has 1 amide bonds. The van der Waals surface area contributed by atoms with Gasteiger partial charge in [0.05, 0.1) is 11.1 Å². The summed E-state index contributed by atoms with van der Waals surface area (Å²) in [6.07, 6.45) is 2.19. The van der Waals surface area contributed by atoms with E-state index in [1.807, 2.05) is 25.1 Å². The Kier molecular flexibility index (Phi) is 3.84. The van der Waals surface area contributed by atoms with E-state index >= 15 is 0 Å². The number of carbonyl (C=O) groups is 1. The molecule has 1 aromatic carbocycles. The first-order chi connectivity index (χ1) is 9.51. The minimum atomic E-state index is -0.519. The van der Waals surface area contributed by atoms with Gasteiger partial charge in [0.25, 0.3) is 11.6 Å². The predicted octanol–water partition coefficient (Wildman–Crippen LogP) is 2.75. The number of anilines is 1. The number of nitro groups is 1. The molecule has 0 saturated carbocycles. The number of benzene rings is 1. The van der Waals surface area contributed by atoms with E-state index < -0.39 is 4.92 Å². The number of rotatable bonds is 4. The normalized spacial score (nSPS) is 10.3. The van der Waals surface area contributed by atoms with Crippen LogP contribution in [-0.2, 0) is 13.5 Å². The van der Waals surface area contributed by atoms with Gasteiger partial charge in [0.2, 0.25) is 0 Å². The maximum Gasteiger partial charge on any atom is 0.287 e. The molecule has 0 aliphatic heterocycles. The fraction of sp³-hybridized carbons (Fsp3) is 0.214. The lowest BCUT2D eigenvalue weighted by Gasteiger charge is -2.07. The van der Waals surface area contributed by atoms with E-state index in [1.165, 1.54) is 16.8 Å². The van der Waals surface area contributed by atoms with Gasteiger partial charge in [0.1, 0.15) is 5.69 Å². The molecule has 6 heteroatoms. The Morgan fingerprint density at radius 1 is 1.40 bits per heavy atom. The van der Waals surface area contributed by atoms with Crippen LogP contribution in [0.25, 0.3) is 0 Å². The van der Waals surface area contributed by atoms with Crippen LogP contribution in [0.1, 0.15) is 23.0 Å². The van der Waals surface area contributed by atoms with Crippen molar-refractivity contribution in [1.29, 1.82) is 0 Å². The van der Waals surface area contributed by atoms with Crippen molar-refractivity contribution < 1.29 is 9.72 Å². The molecule has 6 nitrogen and oxygen atoms in total. The largest absolute Gasteiger partial charge is 0.340 e. The zero-order valence-corrected chi connectivity index (χ0v) is 11.3. The Labute approximate surface area is 116 Å². The summed E-state index contributed by atoms with van der Waals surface area (Å²) in [6.45, 7) is 2.03. The van der Waals surface area contributed by atoms with E-state index in [-0.39, 0.29) is 17.3 Å². The zero-order chi connectivity index (χ0) is 14.7. The Morgan fingerprint density at radius 2 is 2.15 bits per heavy atom. The minimum Gasteiger partial charge on any atom is -0.340 e. The molecule has 0 atom stereocenters. The molecular formula is C14H15N3O3. The van der Waals surface area contributed by atoms with Crippen LogP contribution in [0.15, 0.2) is 36.5 Å². The lowest BCUT2D eigenvalue weighted by atomic mass is 10.1. The Bertz CT molecular complexity index is 661. The predicted molar refractivity (Wildman–Crippen MR) is 75.8 cm³/mol. The average molecular weight is 273 g/mol. The highest BCUT2D eigenvalue weighted by Gasteiger charge is 2.17. The van der Waals surface area contributed by atoms with Crippen molar-refractivity contribution in [2.24, 2.45) is 7.05 Å². The first-order valence-electron chi connectivity index (χ1n) is 6.22. The van der Waals surface area contributed by atoms with Gasteiger partial charge in [0.15, 0.2) is 0 Å². The number of carbonyl (C=O) groups excluding carboxylic acids is 1. The summed E-state index contributed by atoms with van der Waals surface area (Å²) in [7, 11) is 1.60. The van der Waals surface area contributed by atoms with Crippen LogP contribution in [-0.4, -0.2) is 15.4 Å². The van der Waals surface area contributed by atoms with Gasteiger partial charge in [-0.2, -0.15) is 0 Å². The van der Waals surface area contributed by atoms with Crippen molar-refractivity contribution in [3.05, 3.63) is 57.9 Å². The van der Waals surface area contributed by atoms with Crippen LogP contribution in [0.3, 0.4) is 0 Å². The van der Waals surface area contributed by atoms with Gasteiger partial charge in [-0.05, 0) is 24.1 Å². The molecule has 0 spiro atoms. The lowest BCUT2D eigenvalue weighted by molar-refractivity contribution is -0.384. The van der Waals surface area contributed by atoms with E-state index in [9.17, 15) is 14.9 Å². The number of nitrogens with one attached hydrogen (secondary N) is 1. The quantitative estimate of drug-likeness (QED) is 0.687. The van der Waals surface area contributed by atoms with Gasteiger partial charge in [-0.1, -0.05) is 19.1 Å². The van der Waals surface area contributed by atoms with Crippen molar-refractivity contribution in [1.82, 2.24) is 4.57 Å². The maximum absolute atomic E-state index is 12.1. The summed E-state index contributed by atoms with van der Waals surface area (Å²) >= 11 is 0. The standard InChI is InChI=1S/C14H15N3O3/c1-3-10-5-4-6-11(7-10)15-14(18)13-8-12(17(19)20)9-16(13)2/h4-9H,3H2,1-2H3,(H,15,18). The highest BCUT2D eigenvalue weighted by molar-refractivity contribution is 6.03. The number of nitrogens with zero attached hydrogens (tertiary/aromatic N) is 2. The van der Waals surface area contributed by atoms with E-state index in [0.29, 0.717) is 5.69 Å². The number of hydrogen-bond acceptors (Lipinski definition) is 3. The SMILES string of the molecule is CCc1cccc(NC(=O)c2cc([N+](=O)[O-])cn2C)c1. The van der Waals surface area contributed by atoms with Gasteiger partial charge in [-0.3, -0.25) is 14.9 Å². The van der Waals surface area contributed by atoms with Crippen molar-refractivity contribution in [3.8, 4) is 0 Å². The molecule has 1 heterocycles. The van der Waals surface area contributed by atoms with Crippen LogP contribution >= 0.6 is 0 Å². The number of amides is 1. The number of aromatic nitrogens is 1. The Hall–Kier alpha value is -2.63. The molecule has 0 saturated heterocycles. The smallest absolute Gasteiger partial charge is 0.287 e. The van der Waals surface area contributed by atoms with E-state index in [1.54, 1.807) is 13.1 Å². The molecule has 2 aromatic rings. The molecule has 0 bridgehead atoms. The molecule has 104 valence electrons. The summed E-state index contributed by atoms with van der Waals surface area (Å²) in [5.41, 5.74) is 1.94. The Morgan fingerprint density at radius 3 is 2.75 bits per heavy atom. The molecule has 1 N–H and O–H groups in total. The summed E-state index contributed by atoms with van der Waals surface area (Å²) in [6, 6.07) is 8.77. The molecule has 20 heavy (non-hydrogen) atoms. The minimum absolute atomic E-state index is 0.0973. The van der Waals surface area contributed by atoms with Crippen molar-refractivity contribution >= 4 is 17.3 Å². The molecule has 1 aromatic heterocycles. The summed E-state index contributed by atoms with van der Waals surface area (Å²) < 4.78 is 1.44. The van der Waals surface area contributed by atoms with Crippen LogP contribution in [0.4, 0.5) is 11.4 Å². The van der Waals surface area contributed by atoms with E-state index in [2.05, 4.69) is 5.32 Å². The monoisotopic (exact) mass is 273 g/mol. The van der Waals surface area contributed by atoms with Gasteiger partial charge in [0, 0.05) is 18.8 Å². The molecule has 0 aliphatic rings. The van der Waals surface area contributed by atoms with Gasteiger partial charge < -0.3 is 9.88 Å². The average Bonchev–Trinajstić information content (AvgIpc) is 2.81.